The van der Waals surface area contributed by atoms with Gasteiger partial charge < -0.3 is 14.2 Å². The van der Waals surface area contributed by atoms with E-state index in [1.165, 1.54) is 12.1 Å². The van der Waals surface area contributed by atoms with Gasteiger partial charge in [-0.3, -0.25) is 8.75 Å². The largest absolute Gasteiger partial charge is 0.391 e. The summed E-state index contributed by atoms with van der Waals surface area (Å²) in [5.74, 6) is 0. The van der Waals surface area contributed by atoms with Crippen LogP contribution in [-0.2, 0) is 41.1 Å². The van der Waals surface area contributed by atoms with E-state index >= 15 is 0 Å². The summed E-state index contributed by atoms with van der Waals surface area (Å²) in [6.07, 6.45) is -1.40. The summed E-state index contributed by atoms with van der Waals surface area (Å²) < 4.78 is 57.2. The Kier molecular flexibility index (Phi) is 10.5. The number of rotatable bonds is 14. The smallest absolute Gasteiger partial charge is 0.338 e. The van der Waals surface area contributed by atoms with Crippen molar-refractivity contribution in [2.45, 2.75) is 43.2 Å². The summed E-state index contributed by atoms with van der Waals surface area (Å²) in [4.78, 5) is -0.00651. The van der Waals surface area contributed by atoms with Crippen molar-refractivity contribution in [1.29, 1.82) is 0 Å². The highest BCUT2D eigenvalue weighted by atomic mass is 32.2. The molecule has 0 amide bonds. The molecule has 0 fully saturated rings. The number of benzene rings is 4. The summed E-state index contributed by atoms with van der Waals surface area (Å²) in [7, 11) is -8.02. The summed E-state index contributed by atoms with van der Waals surface area (Å²) in [5.41, 5.74) is 2.28. The van der Waals surface area contributed by atoms with Crippen LogP contribution in [0.2, 0.25) is 0 Å². The fraction of sp³-hybridized carbons (Fsp3) is 0.226. The molecule has 0 spiro atoms. The van der Waals surface area contributed by atoms with Crippen molar-refractivity contribution in [2.75, 3.05) is 6.61 Å². The molecule has 0 aromatic heterocycles. The van der Waals surface area contributed by atoms with E-state index in [-0.39, 0.29) is 24.5 Å². The first-order chi connectivity index (χ1) is 19.2. The standard InChI is InChI=1S/C31H33O7PS/c1-25-17-19-30(20-18-25)40(34,35)38-24-29(32)21-31(28-15-9-4-10-16-28)39(33,36-22-26-11-5-2-6-12-26)37-23-27-13-7-3-8-14-27/h2-20,29,31-32H,21-24H2,1H3. The molecule has 0 heterocycles. The minimum absolute atomic E-state index is 0.00651. The van der Waals surface area contributed by atoms with Crippen LogP contribution in [0.15, 0.2) is 120 Å². The Morgan fingerprint density at radius 1 is 0.725 bits per heavy atom. The molecule has 4 rings (SSSR count). The Hall–Kier alpha value is -3.10. The molecule has 210 valence electrons. The molecule has 0 saturated heterocycles. The molecule has 7 nitrogen and oxygen atoms in total. The minimum atomic E-state index is -4.09. The third-order valence-electron chi connectivity index (χ3n) is 6.29. The number of hydrogen-bond acceptors (Lipinski definition) is 7. The van der Waals surface area contributed by atoms with E-state index in [4.69, 9.17) is 13.2 Å². The van der Waals surface area contributed by atoms with Gasteiger partial charge in [0, 0.05) is 0 Å². The molecule has 40 heavy (non-hydrogen) atoms. The summed E-state index contributed by atoms with van der Waals surface area (Å²) in [6.45, 7) is 1.40. The van der Waals surface area contributed by atoms with E-state index in [2.05, 4.69) is 0 Å². The van der Waals surface area contributed by atoms with Crippen LogP contribution in [0, 0.1) is 6.92 Å². The van der Waals surface area contributed by atoms with Crippen LogP contribution < -0.4 is 0 Å². The van der Waals surface area contributed by atoms with Crippen LogP contribution in [0.4, 0.5) is 0 Å². The number of aryl methyl sites for hydroxylation is 1. The van der Waals surface area contributed by atoms with Gasteiger partial charge >= 0.3 is 7.60 Å². The maximum absolute atomic E-state index is 14.5. The zero-order chi connectivity index (χ0) is 28.4. The van der Waals surface area contributed by atoms with Crippen molar-refractivity contribution in [1.82, 2.24) is 0 Å². The van der Waals surface area contributed by atoms with Crippen LogP contribution >= 0.6 is 7.60 Å². The van der Waals surface area contributed by atoms with Gasteiger partial charge in [-0.15, -0.1) is 0 Å². The second kappa shape index (κ2) is 14.0. The monoisotopic (exact) mass is 580 g/mol. The lowest BCUT2D eigenvalue weighted by Gasteiger charge is -2.29. The van der Waals surface area contributed by atoms with Crippen LogP contribution in [-0.4, -0.2) is 26.2 Å². The minimum Gasteiger partial charge on any atom is -0.391 e. The Morgan fingerprint density at radius 3 is 1.70 bits per heavy atom. The second-order valence-electron chi connectivity index (χ2n) is 9.43. The van der Waals surface area contributed by atoms with Gasteiger partial charge in [0.2, 0.25) is 0 Å². The van der Waals surface area contributed by atoms with Gasteiger partial charge in [-0.05, 0) is 42.2 Å². The van der Waals surface area contributed by atoms with Gasteiger partial charge in [0.1, 0.15) is 0 Å². The van der Waals surface area contributed by atoms with E-state index in [9.17, 15) is 18.1 Å². The molecular formula is C31H33O7PS. The summed E-state index contributed by atoms with van der Waals surface area (Å²) in [5, 5.41) is 10.9. The first-order valence-corrected chi connectivity index (χ1v) is 15.9. The number of aliphatic hydroxyl groups excluding tert-OH is 1. The zero-order valence-corrected chi connectivity index (χ0v) is 23.9. The lowest BCUT2D eigenvalue weighted by atomic mass is 10.1. The second-order valence-corrected chi connectivity index (χ2v) is 13.3. The van der Waals surface area contributed by atoms with Crippen molar-refractivity contribution < 1.29 is 31.3 Å². The third-order valence-corrected chi connectivity index (χ3v) is 9.84. The van der Waals surface area contributed by atoms with Crippen LogP contribution in [0.5, 0.6) is 0 Å². The Balaban J connectivity index is 1.57. The molecule has 0 aliphatic carbocycles. The van der Waals surface area contributed by atoms with Gasteiger partial charge in [0.05, 0.1) is 36.5 Å². The molecule has 2 atom stereocenters. The Morgan fingerprint density at radius 2 is 1.20 bits per heavy atom. The molecule has 1 N–H and O–H groups in total. The fourth-order valence-electron chi connectivity index (χ4n) is 4.08. The van der Waals surface area contributed by atoms with E-state index in [1.807, 2.05) is 73.7 Å². The molecule has 0 radical (unpaired) electrons. The molecule has 0 aliphatic rings. The Bertz CT molecular complexity index is 1430. The topological polar surface area (TPSA) is 99.1 Å². The van der Waals surface area contributed by atoms with Crippen molar-refractivity contribution in [3.8, 4) is 0 Å². The van der Waals surface area contributed by atoms with Gasteiger partial charge in [-0.25, -0.2) is 0 Å². The maximum Gasteiger partial charge on any atom is 0.338 e. The van der Waals surface area contributed by atoms with Crippen LogP contribution in [0.25, 0.3) is 0 Å². The molecule has 0 aliphatic heterocycles. The highest BCUT2D eigenvalue weighted by Gasteiger charge is 2.39. The van der Waals surface area contributed by atoms with E-state index < -0.39 is 36.1 Å². The van der Waals surface area contributed by atoms with E-state index in [0.29, 0.717) is 5.56 Å². The average molecular weight is 581 g/mol. The third kappa shape index (κ3) is 8.45. The first kappa shape index (κ1) is 29.9. The van der Waals surface area contributed by atoms with E-state index in [1.54, 1.807) is 36.4 Å². The Labute approximate surface area is 236 Å². The van der Waals surface area contributed by atoms with E-state index in [0.717, 1.165) is 16.7 Å². The van der Waals surface area contributed by atoms with Gasteiger partial charge in [-0.1, -0.05) is 109 Å². The lowest BCUT2D eigenvalue weighted by molar-refractivity contribution is 0.0958. The van der Waals surface area contributed by atoms with Gasteiger partial charge in [0.25, 0.3) is 10.1 Å². The molecule has 4 aromatic carbocycles. The fourth-order valence-corrected chi connectivity index (χ4v) is 7.16. The highest BCUT2D eigenvalue weighted by Crippen LogP contribution is 2.63. The van der Waals surface area contributed by atoms with Gasteiger partial charge in [-0.2, -0.15) is 8.42 Å². The lowest BCUT2D eigenvalue weighted by Crippen LogP contribution is -2.22. The predicted octanol–water partition coefficient (Wildman–Crippen LogP) is 6.82. The zero-order valence-electron chi connectivity index (χ0n) is 22.2. The predicted molar refractivity (Wildman–Crippen MR) is 154 cm³/mol. The van der Waals surface area contributed by atoms with Gasteiger partial charge in [0.15, 0.2) is 0 Å². The molecule has 9 heteroatoms. The number of hydrogen-bond donors (Lipinski definition) is 1. The first-order valence-electron chi connectivity index (χ1n) is 12.9. The highest BCUT2D eigenvalue weighted by molar-refractivity contribution is 7.86. The van der Waals surface area contributed by atoms with Crippen molar-refractivity contribution in [3.05, 3.63) is 138 Å². The number of aliphatic hydroxyl groups is 1. The average Bonchev–Trinajstić information content (AvgIpc) is 2.98. The quantitative estimate of drug-likeness (QED) is 0.129. The molecule has 2 unspecified atom stereocenters. The van der Waals surface area contributed by atoms with Crippen LogP contribution in [0.1, 0.15) is 34.3 Å². The van der Waals surface area contributed by atoms with Crippen molar-refractivity contribution in [2.24, 2.45) is 0 Å². The summed E-state index contributed by atoms with van der Waals surface area (Å²) in [6, 6.07) is 33.9. The van der Waals surface area contributed by atoms with Crippen molar-refractivity contribution in [3.63, 3.8) is 0 Å². The molecule has 0 saturated carbocycles. The van der Waals surface area contributed by atoms with Crippen LogP contribution in [0.3, 0.4) is 0 Å². The molecule has 0 bridgehead atoms. The maximum atomic E-state index is 14.5. The molecular weight excluding hydrogens is 547 g/mol. The SMILES string of the molecule is Cc1ccc(S(=O)(=O)OCC(O)CC(c2ccccc2)P(=O)(OCc2ccccc2)OCc2ccccc2)cc1. The summed E-state index contributed by atoms with van der Waals surface area (Å²) >= 11 is 0. The molecule has 4 aromatic rings. The normalized spacial score (nSPS) is 13.6. The van der Waals surface area contributed by atoms with Crippen molar-refractivity contribution >= 4 is 17.7 Å².